The molecular formula is C93H139N19O18Y2-2. The molecule has 12 atom stereocenters. The first-order valence-electron chi connectivity index (χ1n) is 45.1. The minimum absolute atomic E-state index is 0. The van der Waals surface area contributed by atoms with Crippen LogP contribution < -0.4 is 58.5 Å². The molecule has 4 aromatic rings. The quantitative estimate of drug-likeness (QED) is 0.0112. The number of likely N-dealkylation sites (N-methyl/N-ethyl adjacent to an activating group) is 3. The minimum Gasteiger partial charge on any atom is -0.447 e. The predicted molar refractivity (Wildman–Crippen MR) is 496 cm³/mol. The van der Waals surface area contributed by atoms with Gasteiger partial charge in [0.2, 0.25) is 53.2 Å². The molecule has 2 saturated heterocycles. The number of nitro groups is 2. The monoisotopic (exact) mass is 1990 g/mol. The summed E-state index contributed by atoms with van der Waals surface area (Å²) >= 11 is 0. The number of urea groups is 2. The van der Waals surface area contributed by atoms with Crippen LogP contribution in [0, 0.1) is 49.8 Å². The maximum atomic E-state index is 14.5. The Bertz CT molecular complexity index is 4180. The molecule has 0 bridgehead atoms. The molecule has 2 unspecified atom stereocenters. The van der Waals surface area contributed by atoms with E-state index in [0.717, 1.165) is 25.9 Å². The Morgan fingerprint density at radius 1 is 0.424 bits per heavy atom. The second kappa shape index (κ2) is 59.3. The van der Waals surface area contributed by atoms with Gasteiger partial charge in [0.05, 0.1) is 34.0 Å². The van der Waals surface area contributed by atoms with E-state index in [1.54, 1.807) is 106 Å². The Balaban J connectivity index is 0.000000670. The zero-order valence-electron chi connectivity index (χ0n) is 79.4. The van der Waals surface area contributed by atoms with E-state index in [9.17, 15) is 87.4 Å². The summed E-state index contributed by atoms with van der Waals surface area (Å²) in [5.41, 5.74) is 17.5. The largest absolute Gasteiger partial charge is 0.447 e. The number of carbonyl (C=O) groups excluding carboxylic acids is 14. The van der Waals surface area contributed by atoms with Crippen LogP contribution >= 0.6 is 0 Å². The third-order valence-corrected chi connectivity index (χ3v) is 23.8. The molecule has 2 aliphatic heterocycles. The van der Waals surface area contributed by atoms with Gasteiger partial charge < -0.3 is 89.6 Å². The molecule has 6 rings (SSSR count). The summed E-state index contributed by atoms with van der Waals surface area (Å²) in [6.07, 6.45) is 5.85. The molecule has 13 N–H and O–H groups in total. The van der Waals surface area contributed by atoms with Crippen molar-refractivity contribution >= 4 is 105 Å². The number of hydrogen-bond donors (Lipinski definition) is 11. The van der Waals surface area contributed by atoms with Gasteiger partial charge in [0, 0.05) is 172 Å². The van der Waals surface area contributed by atoms with E-state index in [1.165, 1.54) is 43.3 Å². The van der Waals surface area contributed by atoms with Gasteiger partial charge in [-0.3, -0.25) is 87.4 Å². The number of hydrogen-bond acceptors (Lipinski definition) is 22. The van der Waals surface area contributed by atoms with Crippen molar-refractivity contribution in [3.63, 3.8) is 0 Å². The van der Waals surface area contributed by atoms with Gasteiger partial charge in [-0.05, 0) is 211 Å². The van der Waals surface area contributed by atoms with Crippen LogP contribution in [0.5, 0.6) is 0 Å². The van der Waals surface area contributed by atoms with Crippen LogP contribution in [0.4, 0.5) is 32.3 Å². The number of likely N-dealkylation sites (tertiary alicyclic amines) is 2. The number of anilines is 2. The zero-order chi connectivity index (χ0) is 96.8. The standard InChI is InChI=1S/C48H72N8O9.C45H69N11O9.2Y/c1-30(2)24-40(43(58)28-35(12-9-10-22-54(8)31(3)4)47(62)55-23-11-13-41(55)44(59)25-32(5)45(60)51-7)53-46(61)36(26-33-14-18-37(19-15-33)52-48(49)63)29-42(57)39(50-6)27-34-16-20-38(21-17-34)56(64)65;1-27(2)24-36(41(59)51-34(12-9-10-22-54(8)28(3)4)44(62)55-23-11-13-38(55)43(61)49-29(5)39(57)48-7)52-42(60)37(26-30-14-18-32(19-15-30)50-45(46)63)53-40(58)35(47-6)25-31-16-20-33(21-17-31)56(64)65;;/h14-21,30-32,35-36,39-41,50H,9-13,22-29H2,1-8H3,(H5,49,51,52,53,60,61,63);14-21,27-29,34-38,47H,9-13,22-26H2,1-8H3,(H8,46,48,49,50,51,52,53,57,58,59,60,61,63);;/p-2/t32-,35?,36-,39-,40-,41?;29-,34+,35+,36+,37-,38+;;/m01../s1. The number of benzene rings is 4. The van der Waals surface area contributed by atoms with Crippen molar-refractivity contribution < 1.29 is 142 Å². The number of ketones is 3. The maximum Gasteiger partial charge on any atom is 0.269 e. The summed E-state index contributed by atoms with van der Waals surface area (Å²) < 4.78 is 0. The van der Waals surface area contributed by atoms with Crippen LogP contribution in [0.3, 0.4) is 0 Å². The number of nitrogens with one attached hydrogen (secondary N) is 13. The van der Waals surface area contributed by atoms with Crippen LogP contribution in [0.15, 0.2) is 97.1 Å². The molecule has 37 nitrogen and oxygen atoms in total. The Morgan fingerprint density at radius 2 is 0.811 bits per heavy atom. The van der Waals surface area contributed by atoms with Crippen molar-refractivity contribution in [3.8, 4) is 0 Å². The number of carbonyl (C=O) groups is 14. The van der Waals surface area contributed by atoms with Crippen molar-refractivity contribution in [1.82, 2.24) is 67.5 Å². The molecular weight excluding hydrogens is 1850 g/mol. The van der Waals surface area contributed by atoms with Crippen LogP contribution in [0.25, 0.3) is 11.5 Å². The van der Waals surface area contributed by atoms with E-state index in [-0.39, 0.29) is 194 Å². The molecule has 2 aliphatic rings. The van der Waals surface area contributed by atoms with Crippen LogP contribution in [0.1, 0.15) is 188 Å². The predicted octanol–water partition coefficient (Wildman–Crippen LogP) is 8.88. The number of Topliss-reactive ketones (excluding diaryl/α,β-unsaturated/α-hetero) is 3. The SMILES string of the molecule is CNC(=O)[C@@H](C)CC(=O)C1CCCN1C(=O)C(CCCCN(C)C(C)C)CC(=O)[C@H](CC(C)C)NC(=O)[C@H](CC(=O)[C@H](Cc1ccc([N+](=O)[O-])cc1)NC)Cc1ccc(NC([NH-])=O)cc1.CNC(=O)[C@@H](C)NC(=O)[C@@H]1CCCN1C(=O)[C@H](CCCCN(C)C(C)C)NC(=O)[C@H](CC(C)C)NC(=O)[C@@H](Cc1ccc(NC([NH-])=O)cc1)NC(=O)[C@H](Cc1ccc([N+](=O)[O-])cc1)NC.[Y].[Y]. The van der Waals surface area contributed by atoms with Gasteiger partial charge in [-0.15, -0.1) is 0 Å². The Hall–Kier alpha value is -9.49. The zero-order valence-corrected chi connectivity index (χ0v) is 85.1. The molecule has 722 valence electrons. The van der Waals surface area contributed by atoms with Crippen molar-refractivity contribution in [1.29, 1.82) is 0 Å². The summed E-state index contributed by atoms with van der Waals surface area (Å²) in [5.74, 6) is -7.45. The van der Waals surface area contributed by atoms with Gasteiger partial charge in [-0.25, -0.2) is 0 Å². The number of nitrogens with zero attached hydrogens (tertiary/aromatic N) is 6. The fraction of sp³-hybridized carbons (Fsp3) is 0.591. The number of rotatable bonds is 53. The Kier molecular flexibility index (Phi) is 52.4. The molecule has 0 saturated carbocycles. The Morgan fingerprint density at radius 3 is 1.27 bits per heavy atom. The Labute approximate surface area is 826 Å². The first-order chi connectivity index (χ1) is 61.5. The van der Waals surface area contributed by atoms with Crippen molar-refractivity contribution in [2.75, 3.05) is 79.1 Å². The van der Waals surface area contributed by atoms with Gasteiger partial charge in [0.1, 0.15) is 30.2 Å². The smallest absolute Gasteiger partial charge is 0.269 e. The van der Waals surface area contributed by atoms with Crippen LogP contribution in [-0.4, -0.2) is 247 Å². The molecule has 2 heterocycles. The van der Waals surface area contributed by atoms with Crippen molar-refractivity contribution in [2.24, 2.45) is 29.6 Å². The first kappa shape index (κ1) is 117. The number of non-ortho nitro benzene ring substituents is 2. The summed E-state index contributed by atoms with van der Waals surface area (Å²) in [6.45, 7) is 21.4. The average molecular weight is 1990 g/mol. The summed E-state index contributed by atoms with van der Waals surface area (Å²) in [5, 5.41) is 52.4. The van der Waals surface area contributed by atoms with Crippen molar-refractivity contribution in [2.45, 2.75) is 258 Å². The van der Waals surface area contributed by atoms with E-state index in [4.69, 9.17) is 11.5 Å². The molecule has 0 aromatic heterocycles. The van der Waals surface area contributed by atoms with E-state index in [0.29, 0.717) is 97.2 Å². The van der Waals surface area contributed by atoms with E-state index in [1.807, 2.05) is 41.8 Å². The van der Waals surface area contributed by atoms with Crippen LogP contribution in [-0.2, 0) is 149 Å². The molecule has 2 fully saturated rings. The fourth-order valence-electron chi connectivity index (χ4n) is 15.7. The normalized spacial score (nSPS) is 15.8. The third kappa shape index (κ3) is 39.6. The van der Waals surface area contributed by atoms with Gasteiger partial charge in [0.15, 0.2) is 29.4 Å². The van der Waals surface area contributed by atoms with Crippen molar-refractivity contribution in [3.05, 3.63) is 151 Å². The van der Waals surface area contributed by atoms with Gasteiger partial charge >= 0.3 is 0 Å². The van der Waals surface area contributed by atoms with E-state index >= 15 is 0 Å². The molecule has 39 heteroatoms. The van der Waals surface area contributed by atoms with Gasteiger partial charge in [0.25, 0.3) is 11.4 Å². The molecule has 13 amide bonds. The van der Waals surface area contributed by atoms with Gasteiger partial charge in [-0.2, -0.15) is 0 Å². The topological polar surface area (TPSA) is 518 Å². The second-order valence-corrected chi connectivity index (χ2v) is 35.4. The molecule has 0 spiro atoms. The van der Waals surface area contributed by atoms with E-state index in [2.05, 4.69) is 96.0 Å². The average Bonchev–Trinajstić information content (AvgIpc) is 1.66. The molecule has 2 radical (unpaired) electrons. The maximum absolute atomic E-state index is 14.5. The molecule has 132 heavy (non-hydrogen) atoms. The minimum atomic E-state index is -1.23. The summed E-state index contributed by atoms with van der Waals surface area (Å²) in [6, 6.07) is 14.8. The van der Waals surface area contributed by atoms with E-state index < -0.39 is 129 Å². The molecule has 0 aliphatic carbocycles. The number of amides is 13. The van der Waals surface area contributed by atoms with Gasteiger partial charge in [-0.1, -0.05) is 114 Å². The number of unbranched alkanes of at least 4 members (excludes halogenated alkanes) is 2. The summed E-state index contributed by atoms with van der Waals surface area (Å²) in [7, 11) is 10.2. The fourth-order valence-corrected chi connectivity index (χ4v) is 15.7. The van der Waals surface area contributed by atoms with Crippen LogP contribution in [0.2, 0.25) is 0 Å². The number of nitro benzene ring substituents is 2. The first-order valence-corrected chi connectivity index (χ1v) is 45.1. The second-order valence-electron chi connectivity index (χ2n) is 35.4. The third-order valence-electron chi connectivity index (χ3n) is 23.8. The molecule has 4 aromatic carbocycles. The summed E-state index contributed by atoms with van der Waals surface area (Å²) in [4.78, 5) is 217.